The number of anilines is 1. The summed E-state index contributed by atoms with van der Waals surface area (Å²) in [5, 5.41) is 0. The molecule has 0 fully saturated rings. The second-order valence-corrected chi connectivity index (χ2v) is 7.18. The van der Waals surface area contributed by atoms with Crippen molar-refractivity contribution in [1.29, 1.82) is 0 Å². The summed E-state index contributed by atoms with van der Waals surface area (Å²) in [5.74, 6) is 0.905. The normalized spacial score (nSPS) is 18.9. The fourth-order valence-electron chi connectivity index (χ4n) is 2.05. The summed E-state index contributed by atoms with van der Waals surface area (Å²) >= 11 is 0. The van der Waals surface area contributed by atoms with Crippen molar-refractivity contribution in [2.45, 2.75) is 26.8 Å². The molecule has 1 aromatic rings. The average Bonchev–Trinajstić information content (AvgIpc) is 2.79. The molecule has 0 saturated carbocycles. The Kier molecular flexibility index (Phi) is 4.04. The van der Waals surface area contributed by atoms with Crippen LogP contribution in [0.4, 0.5) is 5.69 Å². The van der Waals surface area contributed by atoms with Crippen LogP contribution in [0, 0.1) is 12.8 Å². The van der Waals surface area contributed by atoms with Crippen LogP contribution < -0.4 is 4.72 Å². The van der Waals surface area contributed by atoms with Gasteiger partial charge in [-0.15, -0.1) is 0 Å². The molecule has 1 aliphatic rings. The van der Waals surface area contributed by atoms with Gasteiger partial charge in [0.1, 0.15) is 6.61 Å². The van der Waals surface area contributed by atoms with E-state index in [-0.39, 0.29) is 6.04 Å². The fourth-order valence-corrected chi connectivity index (χ4v) is 2.69. The van der Waals surface area contributed by atoms with E-state index in [0.717, 1.165) is 11.8 Å². The Balaban J connectivity index is 2.43. The van der Waals surface area contributed by atoms with Gasteiger partial charge in [-0.1, -0.05) is 26.0 Å². The van der Waals surface area contributed by atoms with Crippen LogP contribution in [-0.2, 0) is 14.8 Å². The minimum absolute atomic E-state index is 0.122. The molecule has 20 heavy (non-hydrogen) atoms. The van der Waals surface area contributed by atoms with Crippen LogP contribution in [0.5, 0.6) is 0 Å². The van der Waals surface area contributed by atoms with Crippen molar-refractivity contribution in [2.75, 3.05) is 17.6 Å². The summed E-state index contributed by atoms with van der Waals surface area (Å²) in [7, 11) is -3.34. The number of ether oxygens (including phenoxy) is 1. The van der Waals surface area contributed by atoms with Gasteiger partial charge in [-0.25, -0.2) is 13.4 Å². The predicted molar refractivity (Wildman–Crippen MR) is 80.8 cm³/mol. The zero-order chi connectivity index (χ0) is 14.9. The Morgan fingerprint density at radius 2 is 2.10 bits per heavy atom. The van der Waals surface area contributed by atoms with E-state index in [1.807, 2.05) is 25.1 Å². The van der Waals surface area contributed by atoms with Crippen LogP contribution in [0.2, 0.25) is 0 Å². The van der Waals surface area contributed by atoms with Crippen molar-refractivity contribution in [1.82, 2.24) is 0 Å². The molecule has 6 heteroatoms. The summed E-state index contributed by atoms with van der Waals surface area (Å²) in [4.78, 5) is 4.55. The number of aliphatic imine (C=N–C) groups is 1. The standard InChI is InChI=1S/C14H20N2O3S/c1-9(2)12-8-19-14(15-12)11-7-5-6-10(3)13(11)16-20(4,17)18/h5-7,9,12,16H,8H2,1-4H3/t12-/m1/s1. The first-order valence-corrected chi connectivity index (χ1v) is 8.45. The van der Waals surface area contributed by atoms with E-state index in [0.29, 0.717) is 29.7 Å². The second kappa shape index (κ2) is 5.44. The lowest BCUT2D eigenvalue weighted by molar-refractivity contribution is 0.292. The SMILES string of the molecule is Cc1cccc(C2=N[C@@H](C(C)C)CO2)c1NS(C)(=O)=O. The van der Waals surface area contributed by atoms with Gasteiger partial charge in [-0.3, -0.25) is 4.72 Å². The lowest BCUT2D eigenvalue weighted by Gasteiger charge is -2.13. The third kappa shape index (κ3) is 3.30. The molecule has 1 atom stereocenters. The van der Waals surface area contributed by atoms with Crippen molar-refractivity contribution in [3.8, 4) is 0 Å². The lowest BCUT2D eigenvalue weighted by Crippen LogP contribution is -2.15. The van der Waals surface area contributed by atoms with Crippen LogP contribution in [0.15, 0.2) is 23.2 Å². The molecular weight excluding hydrogens is 276 g/mol. The van der Waals surface area contributed by atoms with Gasteiger partial charge in [0, 0.05) is 0 Å². The number of para-hydroxylation sites is 1. The van der Waals surface area contributed by atoms with Crippen LogP contribution in [-0.4, -0.2) is 33.2 Å². The van der Waals surface area contributed by atoms with E-state index in [1.165, 1.54) is 0 Å². The molecule has 110 valence electrons. The number of hydrogen-bond donors (Lipinski definition) is 1. The highest BCUT2D eigenvalue weighted by Gasteiger charge is 2.25. The molecule has 0 unspecified atom stereocenters. The van der Waals surface area contributed by atoms with Crippen LogP contribution in [0.3, 0.4) is 0 Å². The van der Waals surface area contributed by atoms with Gasteiger partial charge in [0.05, 0.1) is 23.5 Å². The van der Waals surface area contributed by atoms with E-state index < -0.39 is 10.0 Å². The maximum atomic E-state index is 11.5. The number of aryl methyl sites for hydroxylation is 1. The van der Waals surface area contributed by atoms with Crippen LogP contribution in [0.1, 0.15) is 25.0 Å². The zero-order valence-electron chi connectivity index (χ0n) is 12.2. The van der Waals surface area contributed by atoms with Crippen molar-refractivity contribution in [3.63, 3.8) is 0 Å². The summed E-state index contributed by atoms with van der Waals surface area (Å²) in [6.07, 6.45) is 1.14. The van der Waals surface area contributed by atoms with Gasteiger partial charge < -0.3 is 4.74 Å². The molecule has 1 aromatic carbocycles. The molecule has 0 aromatic heterocycles. The van der Waals surface area contributed by atoms with E-state index >= 15 is 0 Å². The van der Waals surface area contributed by atoms with Gasteiger partial charge in [-0.05, 0) is 24.5 Å². The molecule has 0 radical (unpaired) electrons. The topological polar surface area (TPSA) is 67.8 Å². The van der Waals surface area contributed by atoms with E-state index in [9.17, 15) is 8.42 Å². The molecule has 2 rings (SSSR count). The monoisotopic (exact) mass is 296 g/mol. The minimum atomic E-state index is -3.34. The molecule has 0 spiro atoms. The van der Waals surface area contributed by atoms with Crippen molar-refractivity contribution >= 4 is 21.6 Å². The average molecular weight is 296 g/mol. The first kappa shape index (κ1) is 14.8. The number of benzene rings is 1. The summed E-state index contributed by atoms with van der Waals surface area (Å²) < 4.78 is 31.2. The van der Waals surface area contributed by atoms with Gasteiger partial charge in [0.2, 0.25) is 15.9 Å². The Morgan fingerprint density at radius 1 is 1.40 bits per heavy atom. The first-order valence-electron chi connectivity index (χ1n) is 6.56. The Labute approximate surface area is 120 Å². The summed E-state index contributed by atoms with van der Waals surface area (Å²) in [5.41, 5.74) is 2.07. The Bertz CT molecular complexity index is 636. The van der Waals surface area contributed by atoms with Crippen molar-refractivity contribution in [2.24, 2.45) is 10.9 Å². The fraction of sp³-hybridized carbons (Fsp3) is 0.500. The number of nitrogens with zero attached hydrogens (tertiary/aromatic N) is 1. The lowest BCUT2D eigenvalue weighted by atomic mass is 10.1. The van der Waals surface area contributed by atoms with Gasteiger partial charge in [0.15, 0.2) is 0 Å². The van der Waals surface area contributed by atoms with E-state index in [2.05, 4.69) is 23.6 Å². The van der Waals surface area contributed by atoms with E-state index in [4.69, 9.17) is 4.74 Å². The highest BCUT2D eigenvalue weighted by Crippen LogP contribution is 2.26. The van der Waals surface area contributed by atoms with Crippen LogP contribution in [0.25, 0.3) is 0 Å². The van der Waals surface area contributed by atoms with Gasteiger partial charge >= 0.3 is 0 Å². The zero-order valence-corrected chi connectivity index (χ0v) is 13.0. The molecular formula is C14H20N2O3S. The number of hydrogen-bond acceptors (Lipinski definition) is 4. The number of sulfonamides is 1. The third-order valence-corrected chi connectivity index (χ3v) is 3.81. The number of nitrogens with one attached hydrogen (secondary N) is 1. The number of rotatable bonds is 4. The van der Waals surface area contributed by atoms with Crippen molar-refractivity contribution < 1.29 is 13.2 Å². The van der Waals surface area contributed by atoms with Gasteiger partial charge in [-0.2, -0.15) is 0 Å². The molecule has 0 aliphatic carbocycles. The molecule has 0 amide bonds. The smallest absolute Gasteiger partial charge is 0.229 e. The predicted octanol–water partition coefficient (Wildman–Crippen LogP) is 2.17. The maximum Gasteiger partial charge on any atom is 0.229 e. The second-order valence-electron chi connectivity index (χ2n) is 5.43. The highest BCUT2D eigenvalue weighted by molar-refractivity contribution is 7.92. The van der Waals surface area contributed by atoms with E-state index in [1.54, 1.807) is 0 Å². The Hall–Kier alpha value is -1.56. The quantitative estimate of drug-likeness (QED) is 0.926. The molecule has 1 heterocycles. The van der Waals surface area contributed by atoms with Crippen LogP contribution >= 0.6 is 0 Å². The highest BCUT2D eigenvalue weighted by atomic mass is 32.2. The van der Waals surface area contributed by atoms with Gasteiger partial charge in [0.25, 0.3) is 0 Å². The minimum Gasteiger partial charge on any atom is -0.475 e. The molecule has 5 nitrogen and oxygen atoms in total. The summed E-state index contributed by atoms with van der Waals surface area (Å²) in [6, 6.07) is 5.66. The molecule has 1 aliphatic heterocycles. The molecule has 0 saturated heterocycles. The third-order valence-electron chi connectivity index (χ3n) is 3.23. The summed E-state index contributed by atoms with van der Waals surface area (Å²) in [6.45, 7) is 6.57. The molecule has 0 bridgehead atoms. The maximum absolute atomic E-state index is 11.5. The first-order chi connectivity index (χ1) is 9.28. The Morgan fingerprint density at radius 3 is 2.65 bits per heavy atom. The molecule has 1 N–H and O–H groups in total. The largest absolute Gasteiger partial charge is 0.475 e. The van der Waals surface area contributed by atoms with Crippen molar-refractivity contribution in [3.05, 3.63) is 29.3 Å².